The second-order valence-electron chi connectivity index (χ2n) is 4.53. The summed E-state index contributed by atoms with van der Waals surface area (Å²) in [6, 6.07) is 13.7. The number of nitrogens with one attached hydrogen (secondary N) is 1. The van der Waals surface area contributed by atoms with E-state index >= 15 is 0 Å². The van der Waals surface area contributed by atoms with Crippen LogP contribution in [0.5, 0.6) is 5.75 Å². The highest BCUT2D eigenvalue weighted by molar-refractivity contribution is 6.04. The van der Waals surface area contributed by atoms with Crippen molar-refractivity contribution < 1.29 is 15.0 Å². The third-order valence-corrected chi connectivity index (χ3v) is 2.94. The van der Waals surface area contributed by atoms with Gasteiger partial charge in [0, 0.05) is 17.9 Å². The molecule has 0 atom stereocenters. The molecule has 2 aromatic rings. The number of aryl methyl sites for hydroxylation is 1. The molecule has 0 spiro atoms. The van der Waals surface area contributed by atoms with Gasteiger partial charge in [0.1, 0.15) is 5.75 Å². The third kappa shape index (κ3) is 3.83. The van der Waals surface area contributed by atoms with E-state index in [4.69, 9.17) is 5.11 Å². The number of phenolic OH excluding ortho intramolecular Hbond substituents is 1. The van der Waals surface area contributed by atoms with Crippen LogP contribution in [-0.4, -0.2) is 22.7 Å². The molecule has 0 saturated heterocycles. The summed E-state index contributed by atoms with van der Waals surface area (Å²) in [7, 11) is 0. The van der Waals surface area contributed by atoms with Gasteiger partial charge in [-0.15, -0.1) is 0 Å². The highest BCUT2D eigenvalue weighted by atomic mass is 16.3. The smallest absolute Gasteiger partial charge is 0.255 e. The van der Waals surface area contributed by atoms with Crippen LogP contribution in [0, 0.1) is 0 Å². The maximum absolute atomic E-state index is 12.0. The van der Waals surface area contributed by atoms with Gasteiger partial charge in [0.15, 0.2) is 0 Å². The number of carbonyl (C=O) groups is 1. The molecule has 0 saturated carbocycles. The van der Waals surface area contributed by atoms with Gasteiger partial charge in [0.25, 0.3) is 5.91 Å². The molecule has 4 nitrogen and oxygen atoms in total. The van der Waals surface area contributed by atoms with Crippen LogP contribution in [0.4, 0.5) is 5.69 Å². The van der Waals surface area contributed by atoms with Crippen molar-refractivity contribution in [1.29, 1.82) is 0 Å². The Hall–Kier alpha value is -2.33. The zero-order chi connectivity index (χ0) is 14.4. The first-order valence-corrected chi connectivity index (χ1v) is 6.49. The van der Waals surface area contributed by atoms with Crippen molar-refractivity contribution in [3.05, 3.63) is 59.7 Å². The van der Waals surface area contributed by atoms with Crippen molar-refractivity contribution in [2.75, 3.05) is 11.9 Å². The van der Waals surface area contributed by atoms with Gasteiger partial charge in [0.05, 0.1) is 0 Å². The van der Waals surface area contributed by atoms with E-state index in [0.29, 0.717) is 12.0 Å². The zero-order valence-corrected chi connectivity index (χ0v) is 11.0. The summed E-state index contributed by atoms with van der Waals surface area (Å²) in [6.45, 7) is 0.157. The molecule has 0 bridgehead atoms. The van der Waals surface area contributed by atoms with E-state index in [-0.39, 0.29) is 18.3 Å². The molecule has 2 rings (SSSR count). The number of carbonyl (C=O) groups excluding carboxylic acids is 1. The molecule has 0 radical (unpaired) electrons. The number of anilines is 1. The lowest BCUT2D eigenvalue weighted by Gasteiger charge is -2.07. The van der Waals surface area contributed by atoms with Crippen molar-refractivity contribution in [2.24, 2.45) is 0 Å². The van der Waals surface area contributed by atoms with Crippen LogP contribution in [0.1, 0.15) is 22.3 Å². The van der Waals surface area contributed by atoms with Crippen molar-refractivity contribution in [1.82, 2.24) is 0 Å². The van der Waals surface area contributed by atoms with Gasteiger partial charge in [-0.05, 0) is 54.8 Å². The first-order chi connectivity index (χ1) is 9.69. The molecular formula is C16H17NO3. The SMILES string of the molecule is O=C(Nc1cccc(CCCO)c1)c1ccc(O)cc1. The predicted octanol–water partition coefficient (Wildman–Crippen LogP) is 2.57. The average Bonchev–Trinajstić information content (AvgIpc) is 2.46. The summed E-state index contributed by atoms with van der Waals surface area (Å²) in [4.78, 5) is 12.0. The van der Waals surface area contributed by atoms with E-state index in [2.05, 4.69) is 5.32 Å². The largest absolute Gasteiger partial charge is 0.508 e. The Labute approximate surface area is 117 Å². The first-order valence-electron chi connectivity index (χ1n) is 6.49. The van der Waals surface area contributed by atoms with Crippen molar-refractivity contribution in [3.8, 4) is 5.75 Å². The molecule has 0 fully saturated rings. The minimum atomic E-state index is -0.218. The maximum Gasteiger partial charge on any atom is 0.255 e. The number of phenols is 1. The molecular weight excluding hydrogens is 254 g/mol. The van der Waals surface area contributed by atoms with Gasteiger partial charge in [-0.2, -0.15) is 0 Å². The van der Waals surface area contributed by atoms with Crippen LogP contribution in [0.2, 0.25) is 0 Å². The average molecular weight is 271 g/mol. The molecule has 3 N–H and O–H groups in total. The van der Waals surface area contributed by atoms with Crippen molar-refractivity contribution in [2.45, 2.75) is 12.8 Å². The lowest BCUT2D eigenvalue weighted by molar-refractivity contribution is 0.102. The molecule has 104 valence electrons. The number of aliphatic hydroxyl groups excluding tert-OH is 1. The Morgan fingerprint density at radius 1 is 1.10 bits per heavy atom. The lowest BCUT2D eigenvalue weighted by atomic mass is 10.1. The van der Waals surface area contributed by atoms with E-state index in [0.717, 1.165) is 17.7 Å². The molecule has 0 heterocycles. The standard InChI is InChI=1S/C16H17NO3/c18-10-2-4-12-3-1-5-14(11-12)17-16(20)13-6-8-15(19)9-7-13/h1,3,5-9,11,18-19H,2,4,10H2,(H,17,20). The van der Waals surface area contributed by atoms with Crippen LogP contribution < -0.4 is 5.32 Å². The van der Waals surface area contributed by atoms with Crippen LogP contribution in [0.25, 0.3) is 0 Å². The fraction of sp³-hybridized carbons (Fsp3) is 0.188. The summed E-state index contributed by atoms with van der Waals surface area (Å²) in [5.74, 6) is -0.0862. The molecule has 0 unspecified atom stereocenters. The van der Waals surface area contributed by atoms with Gasteiger partial charge in [-0.3, -0.25) is 4.79 Å². The van der Waals surface area contributed by atoms with Crippen LogP contribution in [-0.2, 0) is 6.42 Å². The van der Waals surface area contributed by atoms with Crippen LogP contribution >= 0.6 is 0 Å². The minimum Gasteiger partial charge on any atom is -0.508 e. The number of hydrogen-bond acceptors (Lipinski definition) is 3. The number of aromatic hydroxyl groups is 1. The van der Waals surface area contributed by atoms with E-state index in [1.807, 2.05) is 24.3 Å². The second kappa shape index (κ2) is 6.73. The van der Waals surface area contributed by atoms with Crippen LogP contribution in [0.3, 0.4) is 0 Å². The van der Waals surface area contributed by atoms with E-state index in [1.54, 1.807) is 12.1 Å². The maximum atomic E-state index is 12.0. The third-order valence-electron chi connectivity index (χ3n) is 2.94. The Morgan fingerprint density at radius 2 is 1.85 bits per heavy atom. The number of amides is 1. The lowest BCUT2D eigenvalue weighted by Crippen LogP contribution is -2.11. The molecule has 2 aromatic carbocycles. The Kier molecular flexibility index (Phi) is 4.74. The number of rotatable bonds is 5. The summed E-state index contributed by atoms with van der Waals surface area (Å²) in [5.41, 5.74) is 2.28. The fourth-order valence-corrected chi connectivity index (χ4v) is 1.90. The molecule has 0 aliphatic carbocycles. The monoisotopic (exact) mass is 271 g/mol. The van der Waals surface area contributed by atoms with E-state index in [9.17, 15) is 9.90 Å². The minimum absolute atomic E-state index is 0.132. The summed E-state index contributed by atoms with van der Waals surface area (Å²) in [5, 5.41) is 20.8. The van der Waals surface area contributed by atoms with Crippen molar-refractivity contribution >= 4 is 11.6 Å². The number of hydrogen-bond donors (Lipinski definition) is 3. The van der Waals surface area contributed by atoms with E-state index in [1.165, 1.54) is 12.1 Å². The van der Waals surface area contributed by atoms with Gasteiger partial charge < -0.3 is 15.5 Å². The molecule has 20 heavy (non-hydrogen) atoms. The quantitative estimate of drug-likeness (QED) is 0.782. The highest BCUT2D eigenvalue weighted by Crippen LogP contribution is 2.15. The normalized spacial score (nSPS) is 10.2. The van der Waals surface area contributed by atoms with E-state index < -0.39 is 0 Å². The molecule has 0 aliphatic heterocycles. The Balaban J connectivity index is 2.05. The number of aliphatic hydroxyl groups is 1. The summed E-state index contributed by atoms with van der Waals surface area (Å²) in [6.07, 6.45) is 1.48. The van der Waals surface area contributed by atoms with Gasteiger partial charge in [-0.25, -0.2) is 0 Å². The predicted molar refractivity (Wildman–Crippen MR) is 77.9 cm³/mol. The highest BCUT2D eigenvalue weighted by Gasteiger charge is 2.06. The Morgan fingerprint density at radius 3 is 2.55 bits per heavy atom. The topological polar surface area (TPSA) is 69.6 Å². The molecule has 0 aliphatic rings. The van der Waals surface area contributed by atoms with Crippen LogP contribution in [0.15, 0.2) is 48.5 Å². The fourth-order valence-electron chi connectivity index (χ4n) is 1.90. The van der Waals surface area contributed by atoms with Gasteiger partial charge in [0.2, 0.25) is 0 Å². The molecule has 0 aromatic heterocycles. The first kappa shape index (κ1) is 14.1. The summed E-state index contributed by atoms with van der Waals surface area (Å²) >= 11 is 0. The zero-order valence-electron chi connectivity index (χ0n) is 11.0. The van der Waals surface area contributed by atoms with Gasteiger partial charge >= 0.3 is 0 Å². The summed E-state index contributed by atoms with van der Waals surface area (Å²) < 4.78 is 0. The number of benzene rings is 2. The Bertz CT molecular complexity index is 579. The van der Waals surface area contributed by atoms with Crippen molar-refractivity contribution in [3.63, 3.8) is 0 Å². The molecule has 1 amide bonds. The second-order valence-corrected chi connectivity index (χ2v) is 4.53. The van der Waals surface area contributed by atoms with Gasteiger partial charge in [-0.1, -0.05) is 12.1 Å². The molecule has 4 heteroatoms.